The lowest BCUT2D eigenvalue weighted by molar-refractivity contribution is 0.0690. The molecule has 7 heteroatoms. The molecule has 2 aromatic rings. The number of hydrogen-bond acceptors (Lipinski definition) is 2. The van der Waals surface area contributed by atoms with E-state index in [0.29, 0.717) is 0 Å². The molecule has 0 aliphatic carbocycles. The SMILES string of the molecule is O=C(O)c1ccc(F)c(-c2cc(Cl)cc(Cl)c2Cl)n1. The molecule has 1 heterocycles. The molecular formula is C12H5Cl3FNO2. The zero-order chi connectivity index (χ0) is 14.2. The molecule has 0 unspecified atom stereocenters. The molecule has 1 aromatic heterocycles. The van der Waals surface area contributed by atoms with Crippen molar-refractivity contribution < 1.29 is 14.3 Å². The van der Waals surface area contributed by atoms with Crippen LogP contribution in [0.15, 0.2) is 24.3 Å². The van der Waals surface area contributed by atoms with E-state index in [4.69, 9.17) is 39.9 Å². The lowest BCUT2D eigenvalue weighted by Crippen LogP contribution is -2.03. The first-order valence-corrected chi connectivity index (χ1v) is 6.08. The minimum Gasteiger partial charge on any atom is -0.477 e. The lowest BCUT2D eigenvalue weighted by atomic mass is 10.1. The summed E-state index contributed by atoms with van der Waals surface area (Å²) in [6.07, 6.45) is 0. The fourth-order valence-corrected chi connectivity index (χ4v) is 2.17. The Morgan fingerprint density at radius 1 is 1.21 bits per heavy atom. The fourth-order valence-electron chi connectivity index (χ4n) is 1.48. The average molecular weight is 321 g/mol. The van der Waals surface area contributed by atoms with Crippen molar-refractivity contribution in [1.82, 2.24) is 4.98 Å². The van der Waals surface area contributed by atoms with E-state index < -0.39 is 11.8 Å². The molecule has 1 N–H and O–H groups in total. The van der Waals surface area contributed by atoms with Gasteiger partial charge < -0.3 is 5.11 Å². The standard InChI is InChI=1S/C12H5Cl3FNO2/c13-5-3-6(10(15)7(14)4-5)11-8(16)1-2-9(17-11)12(18)19/h1-4H,(H,18,19). The zero-order valence-electron chi connectivity index (χ0n) is 9.12. The molecule has 0 aliphatic heterocycles. The molecule has 0 atom stereocenters. The highest BCUT2D eigenvalue weighted by atomic mass is 35.5. The first kappa shape index (κ1) is 14.1. The van der Waals surface area contributed by atoms with Crippen LogP contribution < -0.4 is 0 Å². The number of aromatic nitrogens is 1. The van der Waals surface area contributed by atoms with Crippen LogP contribution in [-0.2, 0) is 0 Å². The quantitative estimate of drug-likeness (QED) is 0.826. The van der Waals surface area contributed by atoms with Crippen molar-refractivity contribution in [3.8, 4) is 11.3 Å². The van der Waals surface area contributed by atoms with Crippen molar-refractivity contribution in [3.63, 3.8) is 0 Å². The van der Waals surface area contributed by atoms with Gasteiger partial charge in [-0.1, -0.05) is 34.8 Å². The summed E-state index contributed by atoms with van der Waals surface area (Å²) in [4.78, 5) is 14.6. The van der Waals surface area contributed by atoms with Gasteiger partial charge in [-0.05, 0) is 24.3 Å². The maximum atomic E-state index is 13.8. The summed E-state index contributed by atoms with van der Waals surface area (Å²) in [5, 5.41) is 9.28. The van der Waals surface area contributed by atoms with Gasteiger partial charge in [0.1, 0.15) is 17.2 Å². The highest BCUT2D eigenvalue weighted by Gasteiger charge is 2.17. The predicted molar refractivity (Wildman–Crippen MR) is 71.6 cm³/mol. The summed E-state index contributed by atoms with van der Waals surface area (Å²) in [6, 6.07) is 4.82. The number of rotatable bonds is 2. The molecule has 1 aromatic carbocycles. The van der Waals surface area contributed by atoms with E-state index in [-0.39, 0.29) is 32.0 Å². The van der Waals surface area contributed by atoms with Crippen LogP contribution in [-0.4, -0.2) is 16.1 Å². The van der Waals surface area contributed by atoms with Crippen molar-refractivity contribution >= 4 is 40.8 Å². The van der Waals surface area contributed by atoms with Crippen LogP contribution in [0.2, 0.25) is 15.1 Å². The molecule has 0 fully saturated rings. The molecule has 0 spiro atoms. The zero-order valence-corrected chi connectivity index (χ0v) is 11.4. The second kappa shape index (κ2) is 5.33. The number of pyridine rings is 1. The molecule has 0 saturated heterocycles. The fraction of sp³-hybridized carbons (Fsp3) is 0. The maximum absolute atomic E-state index is 13.8. The molecule has 3 nitrogen and oxygen atoms in total. The van der Waals surface area contributed by atoms with E-state index in [1.807, 2.05) is 0 Å². The number of nitrogens with zero attached hydrogens (tertiary/aromatic N) is 1. The monoisotopic (exact) mass is 319 g/mol. The summed E-state index contributed by atoms with van der Waals surface area (Å²) >= 11 is 17.6. The van der Waals surface area contributed by atoms with Crippen LogP contribution in [0, 0.1) is 5.82 Å². The molecule has 2 rings (SSSR count). The van der Waals surface area contributed by atoms with Crippen molar-refractivity contribution in [3.05, 3.63) is 50.8 Å². The van der Waals surface area contributed by atoms with Gasteiger partial charge in [-0.15, -0.1) is 0 Å². The third-order valence-electron chi connectivity index (χ3n) is 2.31. The number of carboxylic acids is 1. The minimum atomic E-state index is -1.27. The minimum absolute atomic E-state index is 0.0556. The second-order valence-corrected chi connectivity index (χ2v) is 4.80. The van der Waals surface area contributed by atoms with Gasteiger partial charge in [0, 0.05) is 10.6 Å². The number of carbonyl (C=O) groups is 1. The summed E-state index contributed by atoms with van der Waals surface area (Å²) in [7, 11) is 0. The molecule has 0 bridgehead atoms. The van der Waals surface area contributed by atoms with Gasteiger partial charge in [-0.25, -0.2) is 14.2 Å². The van der Waals surface area contributed by atoms with E-state index in [2.05, 4.69) is 4.98 Å². The van der Waals surface area contributed by atoms with Crippen molar-refractivity contribution in [1.29, 1.82) is 0 Å². The Bertz CT molecular complexity index is 676. The van der Waals surface area contributed by atoms with Crippen molar-refractivity contribution in [2.45, 2.75) is 0 Å². The molecule has 19 heavy (non-hydrogen) atoms. The van der Waals surface area contributed by atoms with Crippen LogP contribution in [0.4, 0.5) is 4.39 Å². The van der Waals surface area contributed by atoms with Crippen LogP contribution in [0.3, 0.4) is 0 Å². The van der Waals surface area contributed by atoms with Gasteiger partial charge in [-0.3, -0.25) is 0 Å². The largest absolute Gasteiger partial charge is 0.477 e. The predicted octanol–water partition coefficient (Wildman–Crippen LogP) is 4.55. The van der Waals surface area contributed by atoms with Gasteiger partial charge in [0.05, 0.1) is 10.0 Å². The van der Waals surface area contributed by atoms with Gasteiger partial charge in [0.25, 0.3) is 0 Å². The Labute approximate surface area is 122 Å². The molecule has 0 aliphatic rings. The number of benzene rings is 1. The number of carboxylic acid groups (broad SMARTS) is 1. The smallest absolute Gasteiger partial charge is 0.354 e. The molecule has 0 saturated carbocycles. The first-order valence-electron chi connectivity index (χ1n) is 4.95. The Hall–Kier alpha value is -1.36. The third-order valence-corrected chi connectivity index (χ3v) is 3.33. The van der Waals surface area contributed by atoms with E-state index in [1.165, 1.54) is 12.1 Å². The lowest BCUT2D eigenvalue weighted by Gasteiger charge is -2.08. The first-order chi connectivity index (χ1) is 8.90. The Kier molecular flexibility index (Phi) is 3.94. The van der Waals surface area contributed by atoms with E-state index in [1.54, 1.807) is 0 Å². The topological polar surface area (TPSA) is 50.2 Å². The third kappa shape index (κ3) is 2.81. The number of halogens is 4. The van der Waals surface area contributed by atoms with Crippen LogP contribution in [0.5, 0.6) is 0 Å². The van der Waals surface area contributed by atoms with E-state index >= 15 is 0 Å². The molecular weight excluding hydrogens is 315 g/mol. The van der Waals surface area contributed by atoms with Gasteiger partial charge in [-0.2, -0.15) is 0 Å². The highest BCUT2D eigenvalue weighted by molar-refractivity contribution is 6.45. The number of aromatic carboxylic acids is 1. The average Bonchev–Trinajstić information content (AvgIpc) is 2.34. The van der Waals surface area contributed by atoms with Crippen molar-refractivity contribution in [2.24, 2.45) is 0 Å². The Balaban J connectivity index is 2.71. The van der Waals surface area contributed by atoms with Gasteiger partial charge in [0.15, 0.2) is 0 Å². The van der Waals surface area contributed by atoms with Crippen LogP contribution in [0.1, 0.15) is 10.5 Å². The number of hydrogen-bond donors (Lipinski definition) is 1. The van der Waals surface area contributed by atoms with Gasteiger partial charge >= 0.3 is 5.97 Å². The Morgan fingerprint density at radius 2 is 1.89 bits per heavy atom. The Morgan fingerprint density at radius 3 is 2.53 bits per heavy atom. The molecule has 0 radical (unpaired) electrons. The molecule has 98 valence electrons. The summed E-state index contributed by atoms with van der Waals surface area (Å²) in [5.74, 6) is -1.99. The molecule has 0 amide bonds. The summed E-state index contributed by atoms with van der Waals surface area (Å²) in [6.45, 7) is 0. The summed E-state index contributed by atoms with van der Waals surface area (Å²) in [5.41, 5.74) is -0.377. The van der Waals surface area contributed by atoms with Crippen molar-refractivity contribution in [2.75, 3.05) is 0 Å². The van der Waals surface area contributed by atoms with Crippen LogP contribution in [0.25, 0.3) is 11.3 Å². The van der Waals surface area contributed by atoms with E-state index in [9.17, 15) is 9.18 Å². The second-order valence-electron chi connectivity index (χ2n) is 3.58. The maximum Gasteiger partial charge on any atom is 0.354 e. The summed E-state index contributed by atoms with van der Waals surface area (Å²) < 4.78 is 13.8. The van der Waals surface area contributed by atoms with Gasteiger partial charge in [0.2, 0.25) is 0 Å². The normalized spacial score (nSPS) is 10.5. The van der Waals surface area contributed by atoms with E-state index in [0.717, 1.165) is 12.1 Å². The van der Waals surface area contributed by atoms with Crippen LogP contribution >= 0.6 is 34.8 Å². The highest BCUT2D eigenvalue weighted by Crippen LogP contribution is 2.36.